The SMILES string of the molecule is CN=C(NCc1ccc(N2CCCC2=O)cc1)N1CCN(Cc2ccccc2)CC1.I. The summed E-state index contributed by atoms with van der Waals surface area (Å²) in [5.41, 5.74) is 3.56. The lowest BCUT2D eigenvalue weighted by Gasteiger charge is -2.36. The molecule has 7 heteroatoms. The normalized spacial score (nSPS) is 17.6. The number of rotatable bonds is 5. The summed E-state index contributed by atoms with van der Waals surface area (Å²) < 4.78 is 0. The molecule has 2 heterocycles. The number of amides is 1. The molecule has 1 N–H and O–H groups in total. The summed E-state index contributed by atoms with van der Waals surface area (Å²) >= 11 is 0. The summed E-state index contributed by atoms with van der Waals surface area (Å²) in [6.07, 6.45) is 1.62. The van der Waals surface area contributed by atoms with Gasteiger partial charge in [-0.25, -0.2) is 0 Å². The van der Waals surface area contributed by atoms with E-state index >= 15 is 0 Å². The molecular weight excluding hydrogens is 501 g/mol. The molecule has 4 rings (SSSR count). The molecular formula is C24H32IN5O. The van der Waals surface area contributed by atoms with Crippen LogP contribution in [0.4, 0.5) is 5.69 Å². The van der Waals surface area contributed by atoms with Gasteiger partial charge in [0.05, 0.1) is 0 Å². The van der Waals surface area contributed by atoms with Crippen LogP contribution in [-0.2, 0) is 17.9 Å². The molecule has 0 spiro atoms. The van der Waals surface area contributed by atoms with E-state index in [4.69, 9.17) is 0 Å². The summed E-state index contributed by atoms with van der Waals surface area (Å²) in [6.45, 7) is 6.59. The maximum atomic E-state index is 11.9. The Morgan fingerprint density at radius 2 is 1.65 bits per heavy atom. The van der Waals surface area contributed by atoms with Crippen molar-refractivity contribution in [3.8, 4) is 0 Å². The van der Waals surface area contributed by atoms with Crippen molar-refractivity contribution in [2.45, 2.75) is 25.9 Å². The highest BCUT2D eigenvalue weighted by atomic mass is 127. The van der Waals surface area contributed by atoms with Crippen LogP contribution in [0.3, 0.4) is 0 Å². The minimum atomic E-state index is 0. The molecule has 2 aliphatic rings. The third-order valence-corrected chi connectivity index (χ3v) is 5.90. The molecule has 2 aromatic carbocycles. The summed E-state index contributed by atoms with van der Waals surface area (Å²) in [5.74, 6) is 1.18. The van der Waals surface area contributed by atoms with Crippen molar-refractivity contribution in [1.29, 1.82) is 0 Å². The quantitative estimate of drug-likeness (QED) is 0.364. The van der Waals surface area contributed by atoms with Crippen LogP contribution in [0.1, 0.15) is 24.0 Å². The van der Waals surface area contributed by atoms with Crippen molar-refractivity contribution in [2.75, 3.05) is 44.7 Å². The number of nitrogens with one attached hydrogen (secondary N) is 1. The highest BCUT2D eigenvalue weighted by Gasteiger charge is 2.22. The Morgan fingerprint density at radius 1 is 0.935 bits per heavy atom. The lowest BCUT2D eigenvalue weighted by molar-refractivity contribution is -0.117. The third-order valence-electron chi connectivity index (χ3n) is 5.90. The first-order valence-corrected chi connectivity index (χ1v) is 10.8. The van der Waals surface area contributed by atoms with E-state index in [2.05, 4.69) is 62.6 Å². The number of nitrogens with zero attached hydrogens (tertiary/aromatic N) is 4. The molecule has 2 aromatic rings. The summed E-state index contributed by atoms with van der Waals surface area (Å²) in [4.78, 5) is 23.1. The van der Waals surface area contributed by atoms with Gasteiger partial charge in [0.25, 0.3) is 0 Å². The van der Waals surface area contributed by atoms with Crippen molar-refractivity contribution in [1.82, 2.24) is 15.1 Å². The van der Waals surface area contributed by atoms with Crippen LogP contribution >= 0.6 is 24.0 Å². The number of carbonyl (C=O) groups is 1. The van der Waals surface area contributed by atoms with E-state index < -0.39 is 0 Å². The van der Waals surface area contributed by atoms with Crippen molar-refractivity contribution in [2.24, 2.45) is 4.99 Å². The number of hydrogen-bond acceptors (Lipinski definition) is 3. The zero-order chi connectivity index (χ0) is 20.8. The molecule has 0 unspecified atom stereocenters. The van der Waals surface area contributed by atoms with Gasteiger partial charge in [-0.2, -0.15) is 0 Å². The van der Waals surface area contributed by atoms with Crippen LogP contribution in [0.25, 0.3) is 0 Å². The molecule has 2 fully saturated rings. The molecule has 6 nitrogen and oxygen atoms in total. The molecule has 0 saturated carbocycles. The number of guanidine groups is 1. The van der Waals surface area contributed by atoms with Gasteiger partial charge in [0, 0.05) is 65.0 Å². The molecule has 166 valence electrons. The molecule has 0 aromatic heterocycles. The number of hydrogen-bond donors (Lipinski definition) is 1. The summed E-state index contributed by atoms with van der Waals surface area (Å²) in [7, 11) is 1.85. The second-order valence-corrected chi connectivity index (χ2v) is 7.96. The molecule has 0 radical (unpaired) electrons. The van der Waals surface area contributed by atoms with Crippen LogP contribution in [0, 0.1) is 0 Å². The van der Waals surface area contributed by atoms with E-state index in [-0.39, 0.29) is 29.9 Å². The minimum Gasteiger partial charge on any atom is -0.352 e. The fourth-order valence-electron chi connectivity index (χ4n) is 4.19. The van der Waals surface area contributed by atoms with Crippen molar-refractivity contribution >= 4 is 41.5 Å². The van der Waals surface area contributed by atoms with Crippen molar-refractivity contribution in [3.05, 3.63) is 65.7 Å². The topological polar surface area (TPSA) is 51.2 Å². The molecule has 0 aliphatic carbocycles. The van der Waals surface area contributed by atoms with E-state index in [1.165, 1.54) is 11.1 Å². The zero-order valence-corrected chi connectivity index (χ0v) is 20.5. The van der Waals surface area contributed by atoms with E-state index in [0.29, 0.717) is 6.42 Å². The highest BCUT2D eigenvalue weighted by Crippen LogP contribution is 2.21. The predicted molar refractivity (Wildman–Crippen MR) is 137 cm³/mol. The average molecular weight is 533 g/mol. The number of carbonyl (C=O) groups excluding carboxylic acids is 1. The smallest absolute Gasteiger partial charge is 0.227 e. The number of benzene rings is 2. The van der Waals surface area contributed by atoms with Crippen LogP contribution < -0.4 is 10.2 Å². The lowest BCUT2D eigenvalue weighted by atomic mass is 10.2. The first-order valence-electron chi connectivity index (χ1n) is 10.8. The standard InChI is InChI=1S/C24H31N5O.HI/c1-25-24(28-16-14-27(15-17-28)19-21-6-3-2-4-7-21)26-18-20-9-11-22(12-10-20)29-13-5-8-23(29)30;/h2-4,6-7,9-12H,5,8,13-19H2,1H3,(H,25,26);1H. The lowest BCUT2D eigenvalue weighted by Crippen LogP contribution is -2.52. The Morgan fingerprint density at radius 3 is 2.26 bits per heavy atom. The second kappa shape index (κ2) is 11.5. The molecule has 2 saturated heterocycles. The molecule has 1 amide bonds. The Bertz CT molecular complexity index is 863. The zero-order valence-electron chi connectivity index (χ0n) is 18.2. The van der Waals surface area contributed by atoms with Crippen LogP contribution in [-0.4, -0.2) is 61.4 Å². The van der Waals surface area contributed by atoms with Crippen LogP contribution in [0.5, 0.6) is 0 Å². The van der Waals surface area contributed by atoms with Gasteiger partial charge in [0.1, 0.15) is 0 Å². The van der Waals surface area contributed by atoms with Gasteiger partial charge in [-0.3, -0.25) is 14.7 Å². The van der Waals surface area contributed by atoms with Gasteiger partial charge >= 0.3 is 0 Å². The Kier molecular flexibility index (Phi) is 8.71. The molecule has 31 heavy (non-hydrogen) atoms. The maximum absolute atomic E-state index is 11.9. The van der Waals surface area contributed by atoms with Gasteiger partial charge in [0.15, 0.2) is 5.96 Å². The van der Waals surface area contributed by atoms with Crippen LogP contribution in [0.2, 0.25) is 0 Å². The molecule has 2 aliphatic heterocycles. The average Bonchev–Trinajstić information content (AvgIpc) is 3.22. The monoisotopic (exact) mass is 533 g/mol. The predicted octanol–water partition coefficient (Wildman–Crippen LogP) is 3.32. The van der Waals surface area contributed by atoms with E-state index in [9.17, 15) is 4.79 Å². The minimum absolute atomic E-state index is 0. The Labute approximate surface area is 202 Å². The fraction of sp³-hybridized carbons (Fsp3) is 0.417. The number of anilines is 1. The molecule has 0 bridgehead atoms. The van der Waals surface area contributed by atoms with Crippen molar-refractivity contribution < 1.29 is 4.79 Å². The second-order valence-electron chi connectivity index (χ2n) is 7.96. The maximum Gasteiger partial charge on any atom is 0.227 e. The molecule has 0 atom stereocenters. The van der Waals surface area contributed by atoms with Gasteiger partial charge in [0.2, 0.25) is 5.91 Å². The van der Waals surface area contributed by atoms with Gasteiger partial charge in [-0.1, -0.05) is 42.5 Å². The van der Waals surface area contributed by atoms with Gasteiger partial charge < -0.3 is 15.1 Å². The number of halogens is 1. The van der Waals surface area contributed by atoms with E-state index in [1.807, 2.05) is 24.1 Å². The van der Waals surface area contributed by atoms with Crippen LogP contribution in [0.15, 0.2) is 59.6 Å². The fourth-order valence-corrected chi connectivity index (χ4v) is 4.19. The third kappa shape index (κ3) is 6.20. The number of piperazine rings is 1. The van der Waals surface area contributed by atoms with Crippen molar-refractivity contribution in [3.63, 3.8) is 0 Å². The van der Waals surface area contributed by atoms with Gasteiger partial charge in [-0.15, -0.1) is 24.0 Å². The van der Waals surface area contributed by atoms with E-state index in [0.717, 1.165) is 63.9 Å². The highest BCUT2D eigenvalue weighted by molar-refractivity contribution is 14.0. The Hall–Kier alpha value is -2.13. The first-order chi connectivity index (χ1) is 14.7. The summed E-state index contributed by atoms with van der Waals surface area (Å²) in [5, 5.41) is 3.49. The first kappa shape index (κ1) is 23.5. The van der Waals surface area contributed by atoms with Gasteiger partial charge in [-0.05, 0) is 29.7 Å². The van der Waals surface area contributed by atoms with E-state index in [1.54, 1.807) is 0 Å². The summed E-state index contributed by atoms with van der Waals surface area (Å²) in [6, 6.07) is 18.9. The number of aliphatic imine (C=N–C) groups is 1. The largest absolute Gasteiger partial charge is 0.352 e. The Balaban J connectivity index is 0.00000272.